The SMILES string of the molecule is [C-]#[N+]C[C@H]1CN(c2nc(O[C@H](C)CN(C)[C@@H](C)C3CCC3)nc3c2CCN(c2cncc4cccc(C)c24)C3)CCN1C(=O)C(=C)F. The van der Waals surface area contributed by atoms with Crippen molar-refractivity contribution in [1.82, 2.24) is 24.8 Å². The third kappa shape index (κ3) is 6.75. The molecule has 0 spiro atoms. The van der Waals surface area contributed by atoms with Crippen molar-refractivity contribution in [2.45, 2.75) is 71.2 Å². The zero-order chi connectivity index (χ0) is 33.2. The summed E-state index contributed by atoms with van der Waals surface area (Å²) in [7, 11) is 2.16. The van der Waals surface area contributed by atoms with Crippen LogP contribution in [-0.2, 0) is 17.8 Å². The van der Waals surface area contributed by atoms with Gasteiger partial charge in [0, 0.05) is 61.3 Å². The average molecular weight is 641 g/mol. The fourth-order valence-corrected chi connectivity index (χ4v) is 7.35. The summed E-state index contributed by atoms with van der Waals surface area (Å²) < 4.78 is 20.4. The van der Waals surface area contributed by atoms with Gasteiger partial charge in [-0.2, -0.15) is 9.97 Å². The second kappa shape index (κ2) is 13.8. The second-order valence-corrected chi connectivity index (χ2v) is 13.4. The minimum atomic E-state index is -1.01. The van der Waals surface area contributed by atoms with E-state index in [0.29, 0.717) is 38.1 Å². The lowest BCUT2D eigenvalue weighted by atomic mass is 9.80. The molecule has 2 fully saturated rings. The summed E-state index contributed by atoms with van der Waals surface area (Å²) in [6, 6.07) is 6.60. The summed E-state index contributed by atoms with van der Waals surface area (Å²) in [4.78, 5) is 39.0. The van der Waals surface area contributed by atoms with Gasteiger partial charge in [-0.05, 0) is 58.6 Å². The van der Waals surface area contributed by atoms with E-state index in [1.54, 1.807) is 0 Å². The number of hydrogen-bond acceptors (Lipinski definition) is 8. The molecule has 3 aliphatic rings. The smallest absolute Gasteiger partial charge is 0.318 e. The molecular weight excluding hydrogens is 595 g/mol. The van der Waals surface area contributed by atoms with Crippen molar-refractivity contribution in [3.05, 3.63) is 71.2 Å². The zero-order valence-corrected chi connectivity index (χ0v) is 28.0. The molecule has 0 bridgehead atoms. The van der Waals surface area contributed by atoms with Crippen LogP contribution in [0, 0.1) is 19.4 Å². The predicted octanol–water partition coefficient (Wildman–Crippen LogP) is 5.20. The van der Waals surface area contributed by atoms with Crippen LogP contribution in [0.1, 0.15) is 49.9 Å². The number of nitrogens with zero attached hydrogens (tertiary/aromatic N) is 8. The summed E-state index contributed by atoms with van der Waals surface area (Å²) in [5.74, 6) is -0.259. The largest absolute Gasteiger partial charge is 0.459 e. The molecule has 3 atom stereocenters. The normalized spacial score (nSPS) is 19.6. The Morgan fingerprint density at radius 1 is 1.19 bits per heavy atom. The number of pyridine rings is 1. The van der Waals surface area contributed by atoms with E-state index in [-0.39, 0.29) is 19.2 Å². The summed E-state index contributed by atoms with van der Waals surface area (Å²) >= 11 is 0. The van der Waals surface area contributed by atoms with Crippen molar-refractivity contribution in [3.63, 3.8) is 0 Å². The summed E-state index contributed by atoms with van der Waals surface area (Å²) in [5, 5.41) is 2.29. The van der Waals surface area contributed by atoms with Gasteiger partial charge >= 0.3 is 6.01 Å². The molecule has 1 amide bonds. The number of halogens is 1. The van der Waals surface area contributed by atoms with Gasteiger partial charge < -0.3 is 24.3 Å². The first kappa shape index (κ1) is 32.6. The van der Waals surface area contributed by atoms with Gasteiger partial charge in [0.15, 0.2) is 5.83 Å². The molecule has 2 aromatic heterocycles. The van der Waals surface area contributed by atoms with Gasteiger partial charge in [-0.1, -0.05) is 31.2 Å². The van der Waals surface area contributed by atoms with Gasteiger partial charge in [0.25, 0.3) is 5.91 Å². The third-order valence-corrected chi connectivity index (χ3v) is 10.3. The van der Waals surface area contributed by atoms with Crippen molar-refractivity contribution >= 4 is 28.2 Å². The van der Waals surface area contributed by atoms with E-state index in [4.69, 9.17) is 21.3 Å². The van der Waals surface area contributed by atoms with Crippen LogP contribution >= 0.6 is 0 Å². The first-order valence-corrected chi connectivity index (χ1v) is 16.7. The van der Waals surface area contributed by atoms with Gasteiger partial charge in [0.1, 0.15) is 18.0 Å². The molecule has 4 heterocycles. The maximum Gasteiger partial charge on any atom is 0.318 e. The average Bonchev–Trinajstić information content (AvgIpc) is 3.02. The van der Waals surface area contributed by atoms with E-state index in [0.717, 1.165) is 47.2 Å². The van der Waals surface area contributed by atoms with Crippen LogP contribution in [-0.4, -0.2) is 95.2 Å². The molecule has 11 heteroatoms. The summed E-state index contributed by atoms with van der Waals surface area (Å²) in [5.41, 5.74) is 4.20. The molecule has 0 radical (unpaired) electrons. The van der Waals surface area contributed by atoms with Gasteiger partial charge in [-0.25, -0.2) is 11.0 Å². The highest BCUT2D eigenvalue weighted by Gasteiger charge is 2.36. The summed E-state index contributed by atoms with van der Waals surface area (Å²) in [6.45, 7) is 20.4. The van der Waals surface area contributed by atoms with Crippen molar-refractivity contribution in [3.8, 4) is 6.01 Å². The molecule has 1 aromatic carbocycles. The van der Waals surface area contributed by atoms with Gasteiger partial charge in [0.2, 0.25) is 6.54 Å². The van der Waals surface area contributed by atoms with E-state index >= 15 is 0 Å². The molecule has 0 N–H and O–H groups in total. The number of amides is 1. The van der Waals surface area contributed by atoms with Gasteiger partial charge in [0.05, 0.1) is 24.1 Å². The first-order valence-electron chi connectivity index (χ1n) is 16.7. The number of carbonyl (C=O) groups is 1. The number of benzene rings is 1. The van der Waals surface area contributed by atoms with Gasteiger partial charge in [-0.15, -0.1) is 0 Å². The predicted molar refractivity (Wildman–Crippen MR) is 182 cm³/mol. The van der Waals surface area contributed by atoms with E-state index < -0.39 is 17.8 Å². The molecule has 10 nitrogen and oxygen atoms in total. The van der Waals surface area contributed by atoms with Crippen LogP contribution in [0.15, 0.2) is 43.0 Å². The Kier molecular flexibility index (Phi) is 9.60. The fourth-order valence-electron chi connectivity index (χ4n) is 7.35. The molecule has 1 saturated heterocycles. The standard InChI is InChI=1S/C36H45FN8O2/c1-23-9-7-12-28-17-39-19-32(33(23)28)43-14-13-30-31(22-43)40-36(47-24(2)20-42(6)26(4)27-10-8-11-27)41-34(30)44-15-16-45(35(46)25(3)37)29(21-44)18-38-5/h7,9,12,17,19,24,26-27,29H,3,8,10-11,13-16,18,20-22H2,1-2,4,6H3/t24-,26+,29+/m1/s1. The van der Waals surface area contributed by atoms with E-state index in [9.17, 15) is 9.18 Å². The maximum absolute atomic E-state index is 13.9. The third-order valence-electron chi connectivity index (χ3n) is 10.3. The van der Waals surface area contributed by atoms with Crippen LogP contribution in [0.4, 0.5) is 15.9 Å². The number of carbonyl (C=O) groups excluding carboxylic acids is 1. The van der Waals surface area contributed by atoms with Gasteiger partial charge in [-0.3, -0.25) is 14.7 Å². The highest BCUT2D eigenvalue weighted by atomic mass is 19.1. The van der Waals surface area contributed by atoms with E-state index in [1.807, 2.05) is 12.4 Å². The molecule has 47 heavy (non-hydrogen) atoms. The Morgan fingerprint density at radius 2 is 2.00 bits per heavy atom. The summed E-state index contributed by atoms with van der Waals surface area (Å²) in [6.07, 6.45) is 8.29. The number of hydrogen-bond donors (Lipinski definition) is 0. The number of piperazine rings is 1. The Morgan fingerprint density at radius 3 is 2.72 bits per heavy atom. The van der Waals surface area contributed by atoms with Crippen LogP contribution in [0.3, 0.4) is 0 Å². The minimum absolute atomic E-state index is 0.0654. The molecule has 1 saturated carbocycles. The number of likely N-dealkylation sites (N-methyl/N-ethyl adjacent to an activating group) is 1. The highest BCUT2D eigenvalue weighted by Crippen LogP contribution is 2.36. The van der Waals surface area contributed by atoms with E-state index in [2.05, 4.69) is 77.1 Å². The quantitative estimate of drug-likeness (QED) is 0.221. The molecule has 3 aromatic rings. The van der Waals surface area contributed by atoms with Crippen LogP contribution in [0.2, 0.25) is 0 Å². The number of rotatable bonds is 10. The monoisotopic (exact) mass is 640 g/mol. The van der Waals surface area contributed by atoms with Crippen LogP contribution < -0.4 is 14.5 Å². The van der Waals surface area contributed by atoms with Crippen molar-refractivity contribution < 1.29 is 13.9 Å². The van der Waals surface area contributed by atoms with Crippen molar-refractivity contribution in [2.75, 3.05) is 56.1 Å². The fraction of sp³-hybridized carbons (Fsp3) is 0.528. The van der Waals surface area contributed by atoms with Crippen molar-refractivity contribution in [2.24, 2.45) is 5.92 Å². The second-order valence-electron chi connectivity index (χ2n) is 13.4. The highest BCUT2D eigenvalue weighted by molar-refractivity contribution is 5.96. The lowest BCUT2D eigenvalue weighted by molar-refractivity contribution is -0.131. The topological polar surface area (TPSA) is 82.3 Å². The van der Waals surface area contributed by atoms with Crippen LogP contribution in [0.5, 0.6) is 6.01 Å². The number of aromatic nitrogens is 3. The number of fused-ring (bicyclic) bond motifs is 2. The lowest BCUT2D eigenvalue weighted by Gasteiger charge is -2.41. The molecule has 1 aliphatic carbocycles. The molecule has 2 aliphatic heterocycles. The zero-order valence-electron chi connectivity index (χ0n) is 28.0. The lowest BCUT2D eigenvalue weighted by Crippen LogP contribution is -2.57. The Hall–Kier alpha value is -4.30. The molecular formula is C36H45FN8O2. The number of aryl methyl sites for hydroxylation is 1. The van der Waals surface area contributed by atoms with E-state index in [1.165, 1.54) is 35.1 Å². The Balaban J connectivity index is 1.31. The number of anilines is 2. The Labute approximate surface area is 277 Å². The van der Waals surface area contributed by atoms with Crippen molar-refractivity contribution in [1.29, 1.82) is 0 Å². The Bertz CT molecular complexity index is 1680. The number of ether oxygens (including phenoxy) is 1. The van der Waals surface area contributed by atoms with Crippen LogP contribution in [0.25, 0.3) is 15.6 Å². The first-order chi connectivity index (χ1) is 22.6. The molecule has 6 rings (SSSR count). The minimum Gasteiger partial charge on any atom is -0.459 e. The maximum atomic E-state index is 13.9. The molecule has 0 unspecified atom stereocenters. The molecule has 248 valence electrons.